The van der Waals surface area contributed by atoms with Crippen LogP contribution in [0.5, 0.6) is 0 Å². The molecule has 44 heavy (non-hydrogen) atoms. The number of carbonyl (C=O) groups is 2. The lowest BCUT2D eigenvalue weighted by atomic mass is 9.97. The van der Waals surface area contributed by atoms with Crippen LogP contribution in [0.3, 0.4) is 0 Å². The number of amides is 2. The molecule has 4 aromatic rings. The molecule has 0 spiro atoms. The molecule has 0 radical (unpaired) electrons. The van der Waals surface area contributed by atoms with Crippen LogP contribution in [0.1, 0.15) is 33.7 Å². The summed E-state index contributed by atoms with van der Waals surface area (Å²) in [7, 11) is 0. The van der Waals surface area contributed by atoms with E-state index in [1.54, 1.807) is 17.0 Å². The van der Waals surface area contributed by atoms with Gasteiger partial charge in [0.2, 0.25) is 11.8 Å². The highest BCUT2D eigenvalue weighted by Gasteiger charge is 2.34. The van der Waals surface area contributed by atoms with Crippen molar-refractivity contribution in [1.29, 1.82) is 0 Å². The Kier molecular flexibility index (Phi) is 9.17. The molecule has 2 aliphatic heterocycles. The second kappa shape index (κ2) is 13.7. The largest absolute Gasteiger partial charge is 0.378 e. The molecule has 2 amide bonds. The Bertz CT molecular complexity index is 1590. The van der Waals surface area contributed by atoms with Crippen molar-refractivity contribution < 1.29 is 18.8 Å². The monoisotopic (exact) mass is 590 g/mol. The lowest BCUT2D eigenvalue weighted by Gasteiger charge is -2.37. The molecule has 0 N–H and O–H groups in total. The van der Waals surface area contributed by atoms with E-state index >= 15 is 0 Å². The Morgan fingerprint density at radius 1 is 0.909 bits per heavy atom. The highest BCUT2D eigenvalue weighted by molar-refractivity contribution is 5.95. The molecular weight excluding hydrogens is 552 g/mol. The Labute approximate surface area is 258 Å². The fourth-order valence-electron chi connectivity index (χ4n) is 5.95. The number of morpholine rings is 1. The second-order valence-electron chi connectivity index (χ2n) is 11.4. The van der Waals surface area contributed by atoms with Gasteiger partial charge in [-0.2, -0.15) is 0 Å². The highest BCUT2D eigenvalue weighted by atomic mass is 16.5. The predicted octanol–water partition coefficient (Wildman–Crippen LogP) is 5.06. The number of aryl methyl sites for hydroxylation is 1. The van der Waals surface area contributed by atoms with E-state index in [4.69, 9.17) is 9.26 Å². The summed E-state index contributed by atoms with van der Waals surface area (Å²) in [6.07, 6.45) is 4.35. The van der Waals surface area contributed by atoms with Crippen molar-refractivity contribution in [3.8, 4) is 0 Å². The van der Waals surface area contributed by atoms with Crippen LogP contribution >= 0.6 is 0 Å². The summed E-state index contributed by atoms with van der Waals surface area (Å²) in [5, 5.41) is 4.01. The van der Waals surface area contributed by atoms with Crippen LogP contribution in [0.2, 0.25) is 0 Å². The van der Waals surface area contributed by atoms with Crippen molar-refractivity contribution in [3.05, 3.63) is 125 Å². The van der Waals surface area contributed by atoms with E-state index in [1.807, 2.05) is 54.3 Å². The van der Waals surface area contributed by atoms with Gasteiger partial charge in [0.1, 0.15) is 17.5 Å². The lowest BCUT2D eigenvalue weighted by Crippen LogP contribution is -2.52. The maximum Gasteiger partial charge on any atom is 0.247 e. The van der Waals surface area contributed by atoms with Gasteiger partial charge in [0.05, 0.1) is 13.2 Å². The number of anilines is 1. The lowest BCUT2D eigenvalue weighted by molar-refractivity contribution is -0.144. The maximum absolute atomic E-state index is 14.4. The third-order valence-corrected chi connectivity index (χ3v) is 8.37. The van der Waals surface area contributed by atoms with Crippen molar-refractivity contribution in [2.45, 2.75) is 38.9 Å². The number of hydrogen-bond acceptors (Lipinski definition) is 6. The van der Waals surface area contributed by atoms with Crippen LogP contribution < -0.4 is 4.90 Å². The van der Waals surface area contributed by atoms with Gasteiger partial charge in [-0.05, 0) is 53.8 Å². The van der Waals surface area contributed by atoms with Crippen LogP contribution in [0.25, 0.3) is 6.08 Å². The molecule has 8 nitrogen and oxygen atoms in total. The summed E-state index contributed by atoms with van der Waals surface area (Å²) < 4.78 is 10.7. The number of hydrogen-bond donors (Lipinski definition) is 0. The molecule has 1 saturated heterocycles. The summed E-state index contributed by atoms with van der Waals surface area (Å²) in [5.74, 6) is 0.360. The van der Waals surface area contributed by atoms with E-state index in [1.165, 1.54) is 11.6 Å². The molecule has 0 unspecified atom stereocenters. The van der Waals surface area contributed by atoms with Gasteiger partial charge in [0, 0.05) is 57.0 Å². The molecule has 0 bridgehead atoms. The molecular formula is C36H38N4O4. The van der Waals surface area contributed by atoms with Gasteiger partial charge in [-0.25, -0.2) is 0 Å². The van der Waals surface area contributed by atoms with Crippen LogP contribution in [-0.4, -0.2) is 65.7 Å². The zero-order valence-corrected chi connectivity index (χ0v) is 25.1. The molecule has 6 rings (SSSR count). The maximum atomic E-state index is 14.4. The predicted molar refractivity (Wildman–Crippen MR) is 170 cm³/mol. The minimum Gasteiger partial charge on any atom is -0.378 e. The quantitative estimate of drug-likeness (QED) is 0.254. The molecule has 1 atom stereocenters. The molecule has 3 aromatic carbocycles. The first-order valence-corrected chi connectivity index (χ1v) is 15.3. The first-order valence-electron chi connectivity index (χ1n) is 15.3. The number of rotatable bonds is 9. The van der Waals surface area contributed by atoms with E-state index in [9.17, 15) is 9.59 Å². The Hall–Kier alpha value is -4.69. The summed E-state index contributed by atoms with van der Waals surface area (Å²) in [6, 6.07) is 27.6. The number of benzene rings is 3. The SMILES string of the molecule is Cc1cc(C=CC(=O)N(Cc2ccc(N3CCOCC3)cc2)[C@@H](Cc2ccccc2)C(=O)N2CCc3ccccc3C2)no1. The minimum absolute atomic E-state index is 0.0488. The van der Waals surface area contributed by atoms with E-state index in [0.29, 0.717) is 44.2 Å². The van der Waals surface area contributed by atoms with Gasteiger partial charge < -0.3 is 24.0 Å². The zero-order chi connectivity index (χ0) is 30.3. The number of carbonyl (C=O) groups excluding carboxylic acids is 2. The van der Waals surface area contributed by atoms with Crippen LogP contribution in [0.15, 0.2) is 95.5 Å². The van der Waals surface area contributed by atoms with Crippen molar-refractivity contribution in [2.75, 3.05) is 37.7 Å². The fourth-order valence-corrected chi connectivity index (χ4v) is 5.95. The Balaban J connectivity index is 1.32. The van der Waals surface area contributed by atoms with Crippen molar-refractivity contribution >= 4 is 23.6 Å². The molecule has 1 fully saturated rings. The number of ether oxygens (including phenoxy) is 1. The molecule has 8 heteroatoms. The first-order chi connectivity index (χ1) is 21.5. The molecule has 2 aliphatic rings. The summed E-state index contributed by atoms with van der Waals surface area (Å²) in [5.41, 5.74) is 6.07. The summed E-state index contributed by atoms with van der Waals surface area (Å²) in [6.45, 7) is 6.38. The first kappa shape index (κ1) is 29.4. The normalized spacial score (nSPS) is 15.7. The van der Waals surface area contributed by atoms with Crippen LogP contribution in [0, 0.1) is 6.92 Å². The highest BCUT2D eigenvalue weighted by Crippen LogP contribution is 2.24. The standard InChI is InChI=1S/C36H38N4O4/c1-27-23-32(37-44-27)13-16-35(41)40(25-29-11-14-33(15-12-29)38-19-21-43-22-20-38)34(24-28-7-3-2-4-8-28)36(42)39-18-17-30-9-5-6-10-31(30)26-39/h2-16,23,34H,17-22,24-26H2,1H3/t34-/m0/s1. The van der Waals surface area contributed by atoms with Crippen molar-refractivity contribution in [3.63, 3.8) is 0 Å². The molecule has 0 aliphatic carbocycles. The van der Waals surface area contributed by atoms with Crippen LogP contribution in [-0.2, 0) is 40.3 Å². The third kappa shape index (κ3) is 7.09. The molecule has 3 heterocycles. The number of aromatic nitrogens is 1. The van der Waals surface area contributed by atoms with Gasteiger partial charge in [-0.3, -0.25) is 9.59 Å². The van der Waals surface area contributed by atoms with Gasteiger partial charge in [-0.15, -0.1) is 0 Å². The van der Waals surface area contributed by atoms with E-state index in [2.05, 4.69) is 46.5 Å². The second-order valence-corrected chi connectivity index (χ2v) is 11.4. The topological polar surface area (TPSA) is 79.1 Å². The number of fused-ring (bicyclic) bond motifs is 1. The molecule has 1 aromatic heterocycles. The van der Waals surface area contributed by atoms with E-state index in [-0.39, 0.29) is 18.4 Å². The van der Waals surface area contributed by atoms with Gasteiger partial charge >= 0.3 is 0 Å². The van der Waals surface area contributed by atoms with E-state index in [0.717, 1.165) is 41.9 Å². The average Bonchev–Trinajstić information content (AvgIpc) is 3.50. The summed E-state index contributed by atoms with van der Waals surface area (Å²) >= 11 is 0. The Morgan fingerprint density at radius 3 is 2.36 bits per heavy atom. The van der Waals surface area contributed by atoms with Crippen LogP contribution in [0.4, 0.5) is 5.69 Å². The summed E-state index contributed by atoms with van der Waals surface area (Å²) in [4.78, 5) is 34.4. The zero-order valence-electron chi connectivity index (χ0n) is 25.1. The van der Waals surface area contributed by atoms with Crippen molar-refractivity contribution in [1.82, 2.24) is 15.0 Å². The van der Waals surface area contributed by atoms with Crippen molar-refractivity contribution in [2.24, 2.45) is 0 Å². The number of nitrogens with zero attached hydrogens (tertiary/aromatic N) is 4. The van der Waals surface area contributed by atoms with Gasteiger partial charge in [-0.1, -0.05) is 71.9 Å². The fraction of sp³-hybridized carbons (Fsp3) is 0.306. The third-order valence-electron chi connectivity index (χ3n) is 8.37. The Morgan fingerprint density at radius 2 is 1.64 bits per heavy atom. The molecule has 0 saturated carbocycles. The molecule has 226 valence electrons. The smallest absolute Gasteiger partial charge is 0.247 e. The minimum atomic E-state index is -0.697. The van der Waals surface area contributed by atoms with E-state index < -0.39 is 6.04 Å². The van der Waals surface area contributed by atoms with Gasteiger partial charge in [0.25, 0.3) is 0 Å². The average molecular weight is 591 g/mol. The van der Waals surface area contributed by atoms with Gasteiger partial charge in [0.15, 0.2) is 0 Å².